The third-order valence-electron chi connectivity index (χ3n) is 4.55. The van der Waals surface area contributed by atoms with Crippen molar-refractivity contribution in [1.82, 2.24) is 4.98 Å². The monoisotopic (exact) mass is 488 g/mol. The molecule has 0 saturated carbocycles. The summed E-state index contributed by atoms with van der Waals surface area (Å²) in [7, 11) is 0. The Hall–Kier alpha value is -2.15. The van der Waals surface area contributed by atoms with Crippen LogP contribution in [-0.2, 0) is 0 Å². The van der Waals surface area contributed by atoms with Gasteiger partial charge in [-0.1, -0.05) is 53.0 Å². The first-order valence-corrected chi connectivity index (χ1v) is 11.6. The Morgan fingerprint density at radius 2 is 1.63 bits per heavy atom. The number of nitrogens with one attached hydrogen (secondary N) is 1. The van der Waals surface area contributed by atoms with Gasteiger partial charge in [-0.15, -0.1) is 22.7 Å². The molecule has 0 bridgehead atoms. The first-order chi connectivity index (χ1) is 14.5. The molecular formula is C22H11Cl3N2OS2. The van der Waals surface area contributed by atoms with Crippen LogP contribution in [-0.4, -0.2) is 10.9 Å². The standard InChI is InChI=1S/C22H11Cl3N2OS2/c23-11-6-8-15(14(9-11)22-27-16-3-1-2-4-17(16)30-22)26-21(28)20-19(25)13-7-5-12(24)10-18(13)29-20/h1-10H,(H,26,28). The molecule has 148 valence electrons. The molecule has 5 rings (SSSR count). The first-order valence-electron chi connectivity index (χ1n) is 8.84. The van der Waals surface area contributed by atoms with Crippen molar-refractivity contribution >= 4 is 89.4 Å². The van der Waals surface area contributed by atoms with E-state index in [0.29, 0.717) is 25.6 Å². The normalized spacial score (nSPS) is 11.3. The molecule has 3 aromatic carbocycles. The van der Waals surface area contributed by atoms with Crippen LogP contribution in [0.3, 0.4) is 0 Å². The highest BCUT2D eigenvalue weighted by Crippen LogP contribution is 2.39. The van der Waals surface area contributed by atoms with Crippen LogP contribution in [0.2, 0.25) is 15.1 Å². The van der Waals surface area contributed by atoms with E-state index >= 15 is 0 Å². The molecule has 1 N–H and O–H groups in total. The summed E-state index contributed by atoms with van der Waals surface area (Å²) in [5.41, 5.74) is 2.28. The fourth-order valence-corrected chi connectivity index (χ4v) is 6.01. The highest BCUT2D eigenvalue weighted by molar-refractivity contribution is 7.22. The minimum absolute atomic E-state index is 0.290. The maximum Gasteiger partial charge on any atom is 0.267 e. The van der Waals surface area contributed by atoms with E-state index in [1.54, 1.807) is 41.7 Å². The quantitative estimate of drug-likeness (QED) is 0.276. The minimum Gasteiger partial charge on any atom is -0.321 e. The van der Waals surface area contributed by atoms with Crippen LogP contribution in [0, 0.1) is 0 Å². The first kappa shape index (κ1) is 19.8. The summed E-state index contributed by atoms with van der Waals surface area (Å²) >= 11 is 21.6. The summed E-state index contributed by atoms with van der Waals surface area (Å²) in [5.74, 6) is -0.290. The van der Waals surface area contributed by atoms with Gasteiger partial charge in [-0.05, 0) is 42.5 Å². The number of carbonyl (C=O) groups is 1. The lowest BCUT2D eigenvalue weighted by Crippen LogP contribution is -2.11. The Kier molecular flexibility index (Phi) is 5.17. The summed E-state index contributed by atoms with van der Waals surface area (Å²) in [4.78, 5) is 18.2. The zero-order chi connectivity index (χ0) is 20.8. The molecule has 0 aliphatic heterocycles. The molecule has 8 heteroatoms. The summed E-state index contributed by atoms with van der Waals surface area (Å²) in [6.45, 7) is 0. The number of rotatable bonds is 3. The Bertz CT molecular complexity index is 1410. The van der Waals surface area contributed by atoms with Gasteiger partial charge in [0.05, 0.1) is 20.9 Å². The number of halogens is 3. The van der Waals surface area contributed by atoms with Gasteiger partial charge in [0.15, 0.2) is 0 Å². The molecule has 2 aromatic heterocycles. The Morgan fingerprint density at radius 3 is 2.47 bits per heavy atom. The van der Waals surface area contributed by atoms with Crippen molar-refractivity contribution in [3.63, 3.8) is 0 Å². The maximum absolute atomic E-state index is 13.1. The van der Waals surface area contributed by atoms with Crippen LogP contribution >= 0.6 is 57.5 Å². The molecule has 0 aliphatic carbocycles. The van der Waals surface area contributed by atoms with Gasteiger partial charge < -0.3 is 5.32 Å². The number of hydrogen-bond donors (Lipinski definition) is 1. The predicted octanol–water partition coefficient (Wildman–Crippen LogP) is 8.39. The second-order valence-electron chi connectivity index (χ2n) is 6.52. The van der Waals surface area contributed by atoms with Crippen molar-refractivity contribution in [3.8, 4) is 10.6 Å². The average molecular weight is 490 g/mol. The topological polar surface area (TPSA) is 42.0 Å². The molecule has 0 aliphatic rings. The van der Waals surface area contributed by atoms with Gasteiger partial charge >= 0.3 is 0 Å². The molecule has 3 nitrogen and oxygen atoms in total. The molecule has 0 fully saturated rings. The third kappa shape index (κ3) is 3.57. The number of carbonyl (C=O) groups excluding carboxylic acids is 1. The summed E-state index contributed by atoms with van der Waals surface area (Å²) < 4.78 is 1.93. The van der Waals surface area contributed by atoms with Crippen molar-refractivity contribution in [2.24, 2.45) is 0 Å². The molecule has 0 atom stereocenters. The van der Waals surface area contributed by atoms with Crippen LogP contribution in [0.25, 0.3) is 30.9 Å². The van der Waals surface area contributed by atoms with Crippen molar-refractivity contribution < 1.29 is 4.79 Å². The zero-order valence-corrected chi connectivity index (χ0v) is 19.0. The van der Waals surface area contributed by atoms with Gasteiger partial charge in [-0.2, -0.15) is 0 Å². The van der Waals surface area contributed by atoms with E-state index in [9.17, 15) is 4.79 Å². The number of thiazole rings is 1. The molecule has 5 aromatic rings. The van der Waals surface area contributed by atoms with Crippen LogP contribution in [0.4, 0.5) is 5.69 Å². The van der Waals surface area contributed by atoms with Gasteiger partial charge in [0, 0.05) is 25.7 Å². The zero-order valence-electron chi connectivity index (χ0n) is 15.1. The van der Waals surface area contributed by atoms with E-state index in [1.807, 2.05) is 30.3 Å². The Labute approximate surface area is 194 Å². The van der Waals surface area contributed by atoms with E-state index in [-0.39, 0.29) is 5.91 Å². The van der Waals surface area contributed by atoms with Crippen molar-refractivity contribution in [3.05, 3.63) is 80.6 Å². The second-order valence-corrected chi connectivity index (χ2v) is 9.85. The van der Waals surface area contributed by atoms with Crippen molar-refractivity contribution in [2.75, 3.05) is 5.32 Å². The lowest BCUT2D eigenvalue weighted by Gasteiger charge is -2.09. The van der Waals surface area contributed by atoms with Gasteiger partial charge in [-0.3, -0.25) is 4.79 Å². The molecular weight excluding hydrogens is 479 g/mol. The largest absolute Gasteiger partial charge is 0.321 e. The van der Waals surface area contributed by atoms with Crippen LogP contribution < -0.4 is 5.32 Å². The number of aromatic nitrogens is 1. The minimum atomic E-state index is -0.290. The van der Waals surface area contributed by atoms with Crippen LogP contribution in [0.5, 0.6) is 0 Å². The number of nitrogens with zero attached hydrogens (tertiary/aromatic N) is 1. The van der Waals surface area contributed by atoms with Crippen molar-refractivity contribution in [2.45, 2.75) is 0 Å². The van der Waals surface area contributed by atoms with E-state index in [0.717, 1.165) is 30.9 Å². The predicted molar refractivity (Wildman–Crippen MR) is 130 cm³/mol. The van der Waals surface area contributed by atoms with Gasteiger partial charge in [0.25, 0.3) is 5.91 Å². The third-order valence-corrected chi connectivity index (χ3v) is 7.75. The number of anilines is 1. The second kappa shape index (κ2) is 7.84. The lowest BCUT2D eigenvalue weighted by molar-refractivity contribution is 0.103. The van der Waals surface area contributed by atoms with Gasteiger partial charge in [-0.25, -0.2) is 4.98 Å². The molecule has 0 unspecified atom stereocenters. The smallest absolute Gasteiger partial charge is 0.267 e. The number of fused-ring (bicyclic) bond motifs is 2. The highest BCUT2D eigenvalue weighted by atomic mass is 35.5. The van der Waals surface area contributed by atoms with E-state index in [2.05, 4.69) is 5.32 Å². The fourth-order valence-electron chi connectivity index (χ4n) is 3.15. The summed E-state index contributed by atoms with van der Waals surface area (Å²) in [5, 5.41) is 6.14. The van der Waals surface area contributed by atoms with Crippen molar-refractivity contribution in [1.29, 1.82) is 0 Å². The van der Waals surface area contributed by atoms with Crippen LogP contribution in [0.1, 0.15) is 9.67 Å². The van der Waals surface area contributed by atoms with Gasteiger partial charge in [0.2, 0.25) is 0 Å². The fraction of sp³-hybridized carbons (Fsp3) is 0. The number of benzene rings is 3. The SMILES string of the molecule is O=C(Nc1ccc(Cl)cc1-c1nc2ccccc2s1)c1sc2cc(Cl)ccc2c1Cl. The number of hydrogen-bond acceptors (Lipinski definition) is 4. The number of thiophene rings is 1. The number of amides is 1. The summed E-state index contributed by atoms with van der Waals surface area (Å²) in [6.07, 6.45) is 0. The molecule has 0 radical (unpaired) electrons. The van der Waals surface area contributed by atoms with E-state index in [1.165, 1.54) is 11.3 Å². The molecule has 0 saturated heterocycles. The Balaban J connectivity index is 1.55. The molecule has 30 heavy (non-hydrogen) atoms. The van der Waals surface area contributed by atoms with E-state index in [4.69, 9.17) is 39.8 Å². The molecule has 2 heterocycles. The molecule has 1 amide bonds. The van der Waals surface area contributed by atoms with Crippen LogP contribution in [0.15, 0.2) is 60.7 Å². The molecule has 0 spiro atoms. The maximum atomic E-state index is 13.1. The Morgan fingerprint density at radius 1 is 0.867 bits per heavy atom. The average Bonchev–Trinajstić information content (AvgIpc) is 3.30. The summed E-state index contributed by atoms with van der Waals surface area (Å²) in [6, 6.07) is 18.6. The van der Waals surface area contributed by atoms with E-state index < -0.39 is 0 Å². The highest BCUT2D eigenvalue weighted by Gasteiger charge is 2.20. The number of para-hydroxylation sites is 1. The lowest BCUT2D eigenvalue weighted by atomic mass is 10.1. The van der Waals surface area contributed by atoms with Gasteiger partial charge in [0.1, 0.15) is 9.88 Å².